The second-order valence-electron chi connectivity index (χ2n) is 2.93. The van der Waals surface area contributed by atoms with Crippen LogP contribution in [0.25, 0.3) is 0 Å². The Morgan fingerprint density at radius 3 is 2.53 bits per heavy atom. The number of esters is 1. The van der Waals surface area contributed by atoms with Crippen LogP contribution in [-0.4, -0.2) is 25.1 Å². The highest BCUT2D eigenvalue weighted by atomic mass is 16.5. The predicted molar refractivity (Wildman–Crippen MR) is 54.9 cm³/mol. The van der Waals surface area contributed by atoms with Gasteiger partial charge in [-0.25, -0.2) is 0 Å². The summed E-state index contributed by atoms with van der Waals surface area (Å²) in [7, 11) is 0. The summed E-state index contributed by atoms with van der Waals surface area (Å²) in [5.74, 6) is -0.831. The van der Waals surface area contributed by atoms with Gasteiger partial charge in [0.1, 0.15) is 12.6 Å². The van der Waals surface area contributed by atoms with Crippen molar-refractivity contribution < 1.29 is 19.1 Å². The number of carbonyl (C=O) groups excluding carboxylic acids is 3. The summed E-state index contributed by atoms with van der Waals surface area (Å²) in [6, 6.07) is 0. The van der Waals surface area contributed by atoms with Gasteiger partial charge in [0.2, 0.25) is 0 Å². The lowest BCUT2D eigenvalue weighted by Gasteiger charge is -2.12. The fraction of sp³-hybridized carbons (Fsp3) is 0.455. The van der Waals surface area contributed by atoms with Crippen molar-refractivity contribution in [1.82, 2.24) is 0 Å². The van der Waals surface area contributed by atoms with Crippen LogP contribution in [0.15, 0.2) is 11.6 Å². The number of carbonyl (C=O) groups is 3. The average molecular weight is 211 g/mol. The molecule has 1 radical (unpaired) electrons. The molecule has 83 valence electrons. The van der Waals surface area contributed by atoms with Gasteiger partial charge in [-0.1, -0.05) is 6.08 Å². The largest absolute Gasteiger partial charge is 0.466 e. The van der Waals surface area contributed by atoms with E-state index >= 15 is 0 Å². The Hall–Kier alpha value is -1.45. The molecular formula is C11H15O4. The van der Waals surface area contributed by atoms with Gasteiger partial charge in [0.15, 0.2) is 0 Å². The van der Waals surface area contributed by atoms with Crippen molar-refractivity contribution in [2.45, 2.75) is 19.8 Å². The lowest BCUT2D eigenvalue weighted by Crippen LogP contribution is -2.15. The molecule has 0 saturated carbocycles. The summed E-state index contributed by atoms with van der Waals surface area (Å²) in [4.78, 5) is 32.2. The number of ether oxygens (including phenoxy) is 1. The van der Waals surface area contributed by atoms with Crippen LogP contribution < -0.4 is 0 Å². The third-order valence-electron chi connectivity index (χ3n) is 2.00. The highest BCUT2D eigenvalue weighted by Gasteiger charge is 2.17. The molecule has 0 heterocycles. The minimum atomic E-state index is -0.446. The van der Waals surface area contributed by atoms with Crippen molar-refractivity contribution in [2.24, 2.45) is 5.92 Å². The Bertz CT molecular complexity index is 255. The summed E-state index contributed by atoms with van der Waals surface area (Å²) >= 11 is 0. The Labute approximate surface area is 89.3 Å². The highest BCUT2D eigenvalue weighted by molar-refractivity contribution is 5.78. The van der Waals surface area contributed by atoms with Crippen LogP contribution in [0.4, 0.5) is 0 Å². The maximum Gasteiger partial charge on any atom is 0.306 e. The molecule has 0 aromatic rings. The smallest absolute Gasteiger partial charge is 0.306 e. The zero-order valence-electron chi connectivity index (χ0n) is 8.77. The Morgan fingerprint density at radius 2 is 2.13 bits per heavy atom. The second kappa shape index (κ2) is 7.91. The number of allylic oxidation sites excluding steroid dienone is 2. The van der Waals surface area contributed by atoms with Crippen molar-refractivity contribution in [1.29, 1.82) is 0 Å². The van der Waals surface area contributed by atoms with Crippen LogP contribution >= 0.6 is 0 Å². The maximum absolute atomic E-state index is 11.1. The molecule has 15 heavy (non-hydrogen) atoms. The average Bonchev–Trinajstić information content (AvgIpc) is 2.20. The fourth-order valence-electron chi connectivity index (χ4n) is 1.23. The van der Waals surface area contributed by atoms with Gasteiger partial charge < -0.3 is 9.53 Å². The first-order valence-corrected chi connectivity index (χ1v) is 4.69. The summed E-state index contributed by atoms with van der Waals surface area (Å²) in [6.07, 6.45) is 3.12. The SMILES string of the molecule is [CH2]COC(=O)CC(CC=O)/C(C=O)=C/C. The van der Waals surface area contributed by atoms with E-state index < -0.39 is 5.97 Å². The monoisotopic (exact) mass is 211 g/mol. The van der Waals surface area contributed by atoms with Crippen LogP contribution in [0.5, 0.6) is 0 Å². The molecule has 0 bridgehead atoms. The van der Waals surface area contributed by atoms with Crippen molar-refractivity contribution >= 4 is 18.5 Å². The Morgan fingerprint density at radius 1 is 1.47 bits per heavy atom. The lowest BCUT2D eigenvalue weighted by atomic mass is 9.93. The van der Waals surface area contributed by atoms with Crippen LogP contribution in [0.1, 0.15) is 19.8 Å². The molecule has 0 amide bonds. The van der Waals surface area contributed by atoms with E-state index in [1.54, 1.807) is 13.0 Å². The van der Waals surface area contributed by atoms with Gasteiger partial charge in [0.25, 0.3) is 0 Å². The Kier molecular flexibility index (Phi) is 7.14. The zero-order valence-corrected chi connectivity index (χ0v) is 8.77. The molecule has 0 aromatic heterocycles. The minimum Gasteiger partial charge on any atom is -0.466 e. The van der Waals surface area contributed by atoms with E-state index in [0.29, 0.717) is 18.1 Å². The van der Waals surface area contributed by atoms with Crippen LogP contribution in [-0.2, 0) is 19.1 Å². The normalized spacial score (nSPS) is 13.1. The first kappa shape index (κ1) is 13.5. The molecule has 0 aromatic carbocycles. The second-order valence-corrected chi connectivity index (χ2v) is 2.93. The van der Waals surface area contributed by atoms with E-state index in [0.717, 1.165) is 0 Å². The molecule has 0 rings (SSSR count). The quantitative estimate of drug-likeness (QED) is 0.359. The van der Waals surface area contributed by atoms with E-state index in [-0.39, 0.29) is 25.4 Å². The first-order chi connectivity index (χ1) is 7.19. The highest BCUT2D eigenvalue weighted by Crippen LogP contribution is 2.17. The molecule has 0 aliphatic heterocycles. The van der Waals surface area contributed by atoms with Gasteiger partial charge in [-0.15, -0.1) is 0 Å². The van der Waals surface area contributed by atoms with Gasteiger partial charge in [-0.2, -0.15) is 0 Å². The van der Waals surface area contributed by atoms with E-state index in [4.69, 9.17) is 0 Å². The summed E-state index contributed by atoms with van der Waals surface area (Å²) in [5.41, 5.74) is 0.447. The van der Waals surface area contributed by atoms with Gasteiger partial charge in [-0.3, -0.25) is 9.59 Å². The molecule has 4 nitrogen and oxygen atoms in total. The topological polar surface area (TPSA) is 60.4 Å². The van der Waals surface area contributed by atoms with Crippen LogP contribution in [0, 0.1) is 12.8 Å². The van der Waals surface area contributed by atoms with Crippen molar-refractivity contribution in [3.63, 3.8) is 0 Å². The number of aldehydes is 2. The van der Waals surface area contributed by atoms with Crippen LogP contribution in [0.3, 0.4) is 0 Å². The summed E-state index contributed by atoms with van der Waals surface area (Å²) in [6.45, 7) is 5.11. The molecule has 1 atom stereocenters. The van der Waals surface area contributed by atoms with E-state index in [1.165, 1.54) is 0 Å². The fourth-order valence-corrected chi connectivity index (χ4v) is 1.23. The third kappa shape index (κ3) is 5.10. The molecule has 0 N–H and O–H groups in total. The summed E-state index contributed by atoms with van der Waals surface area (Å²) < 4.78 is 4.65. The molecule has 0 saturated heterocycles. The predicted octanol–water partition coefficient (Wildman–Crippen LogP) is 1.10. The lowest BCUT2D eigenvalue weighted by molar-refractivity contribution is -0.143. The molecule has 4 heteroatoms. The minimum absolute atomic E-state index is 0.0344. The van der Waals surface area contributed by atoms with Gasteiger partial charge in [0, 0.05) is 12.3 Å². The van der Waals surface area contributed by atoms with E-state index in [1.807, 2.05) is 0 Å². The molecule has 0 aliphatic carbocycles. The summed E-state index contributed by atoms with van der Waals surface area (Å²) in [5, 5.41) is 0. The number of rotatable bonds is 7. The number of hydrogen-bond acceptors (Lipinski definition) is 4. The third-order valence-corrected chi connectivity index (χ3v) is 2.00. The maximum atomic E-state index is 11.1. The number of hydrogen-bond donors (Lipinski definition) is 0. The molecule has 0 aliphatic rings. The van der Waals surface area contributed by atoms with E-state index in [9.17, 15) is 14.4 Å². The van der Waals surface area contributed by atoms with E-state index in [2.05, 4.69) is 11.7 Å². The molecule has 0 fully saturated rings. The van der Waals surface area contributed by atoms with Crippen molar-refractivity contribution in [2.75, 3.05) is 6.61 Å². The van der Waals surface area contributed by atoms with Gasteiger partial charge in [-0.05, 0) is 19.4 Å². The zero-order chi connectivity index (χ0) is 11.7. The van der Waals surface area contributed by atoms with Crippen LogP contribution in [0.2, 0.25) is 0 Å². The van der Waals surface area contributed by atoms with Crippen molar-refractivity contribution in [3.05, 3.63) is 18.6 Å². The Balaban J connectivity index is 4.45. The molecular weight excluding hydrogens is 196 g/mol. The standard InChI is InChI=1S/C11H15O4/c1-3-9(8-13)10(5-6-12)7-11(14)15-4-2/h3,6,8,10H,2,4-5,7H2,1H3/b9-3+. The van der Waals surface area contributed by atoms with Crippen molar-refractivity contribution in [3.8, 4) is 0 Å². The first-order valence-electron chi connectivity index (χ1n) is 4.69. The van der Waals surface area contributed by atoms with Gasteiger partial charge in [0.05, 0.1) is 13.0 Å². The molecule has 1 unspecified atom stereocenters. The molecule has 0 spiro atoms. The van der Waals surface area contributed by atoms with Gasteiger partial charge >= 0.3 is 5.97 Å².